The number of benzene rings is 3. The van der Waals surface area contributed by atoms with Gasteiger partial charge < -0.3 is 14.8 Å². The van der Waals surface area contributed by atoms with Gasteiger partial charge in [-0.2, -0.15) is 9.78 Å². The maximum Gasteiger partial charge on any atom is 0.282 e. The molecule has 1 aliphatic carbocycles. The number of nitrogens with zero attached hydrogens (tertiary/aromatic N) is 3. The molecule has 1 aliphatic rings. The molecule has 0 radical (unpaired) electrons. The summed E-state index contributed by atoms with van der Waals surface area (Å²) in [5, 5.41) is 7.91. The van der Waals surface area contributed by atoms with Crippen LogP contribution in [0.1, 0.15) is 49.4 Å². The number of methoxy groups -OCH3 is 1. The van der Waals surface area contributed by atoms with Crippen LogP contribution in [0, 0.1) is 0 Å². The number of amides is 1. The van der Waals surface area contributed by atoms with Crippen LogP contribution in [0.4, 0.5) is 5.69 Å². The Morgan fingerprint density at radius 3 is 2.58 bits per heavy atom. The zero-order valence-corrected chi connectivity index (χ0v) is 21.3. The standard InChI is InChI=1S/C30H30N4O4/c1-37-27-18-21(16-17-26(27)38-20-28(35)32-23-12-6-3-7-13-23)19-31-34-29(22-10-4-2-5-11-22)33-25-15-9-8-14-24(25)30(34)36/h3,6-9,12-19,22H,2,4-5,10-11,20H2,1H3,(H,32,35). The van der Waals surface area contributed by atoms with Crippen molar-refractivity contribution in [3.8, 4) is 11.5 Å². The highest BCUT2D eigenvalue weighted by Crippen LogP contribution is 2.32. The van der Waals surface area contributed by atoms with Crippen molar-refractivity contribution >= 4 is 28.7 Å². The van der Waals surface area contributed by atoms with Gasteiger partial charge in [0.15, 0.2) is 18.1 Å². The Kier molecular flexibility index (Phi) is 7.78. The van der Waals surface area contributed by atoms with E-state index in [-0.39, 0.29) is 24.0 Å². The van der Waals surface area contributed by atoms with Crippen LogP contribution in [0.5, 0.6) is 11.5 Å². The lowest BCUT2D eigenvalue weighted by molar-refractivity contribution is -0.118. The molecule has 1 fully saturated rings. The van der Waals surface area contributed by atoms with Gasteiger partial charge >= 0.3 is 0 Å². The fraction of sp³-hybridized carbons (Fsp3) is 0.267. The summed E-state index contributed by atoms with van der Waals surface area (Å²) in [7, 11) is 1.53. The van der Waals surface area contributed by atoms with E-state index in [2.05, 4.69) is 10.4 Å². The minimum absolute atomic E-state index is 0.165. The highest BCUT2D eigenvalue weighted by atomic mass is 16.5. The Labute approximate surface area is 220 Å². The predicted octanol–water partition coefficient (Wildman–Crippen LogP) is 5.35. The number of fused-ring (bicyclic) bond motifs is 1. The molecule has 3 aromatic carbocycles. The van der Waals surface area contributed by atoms with Gasteiger partial charge in [0, 0.05) is 11.6 Å². The molecule has 0 bridgehead atoms. The van der Waals surface area contributed by atoms with Gasteiger partial charge in [-0.1, -0.05) is 49.6 Å². The van der Waals surface area contributed by atoms with Crippen molar-refractivity contribution in [2.75, 3.05) is 19.0 Å². The SMILES string of the molecule is COc1cc(C=Nn2c(C3CCCCC3)nc3ccccc3c2=O)ccc1OCC(=O)Nc1ccccc1. The fourth-order valence-corrected chi connectivity index (χ4v) is 4.75. The van der Waals surface area contributed by atoms with Gasteiger partial charge in [-0.15, -0.1) is 0 Å². The van der Waals surface area contributed by atoms with Crippen LogP contribution in [0.2, 0.25) is 0 Å². The van der Waals surface area contributed by atoms with Crippen LogP contribution in [0.25, 0.3) is 10.9 Å². The van der Waals surface area contributed by atoms with Gasteiger partial charge in [0.2, 0.25) is 0 Å². The molecule has 38 heavy (non-hydrogen) atoms. The van der Waals surface area contributed by atoms with E-state index in [1.807, 2.05) is 48.5 Å². The smallest absolute Gasteiger partial charge is 0.282 e. The Morgan fingerprint density at radius 2 is 1.79 bits per heavy atom. The summed E-state index contributed by atoms with van der Waals surface area (Å²) < 4.78 is 12.6. The molecule has 8 nitrogen and oxygen atoms in total. The number of ether oxygens (including phenoxy) is 2. The number of carbonyl (C=O) groups excluding carboxylic acids is 1. The van der Waals surface area contributed by atoms with Crippen molar-refractivity contribution in [1.82, 2.24) is 9.66 Å². The Hall–Kier alpha value is -4.46. The maximum atomic E-state index is 13.4. The molecular formula is C30H30N4O4. The van der Waals surface area contributed by atoms with Crippen LogP contribution in [0.3, 0.4) is 0 Å². The van der Waals surface area contributed by atoms with Gasteiger partial charge in [-0.25, -0.2) is 4.98 Å². The molecule has 0 atom stereocenters. The third-order valence-electron chi connectivity index (χ3n) is 6.68. The van der Waals surface area contributed by atoms with Crippen molar-refractivity contribution < 1.29 is 14.3 Å². The van der Waals surface area contributed by atoms with Crippen LogP contribution < -0.4 is 20.3 Å². The molecule has 194 valence electrons. The Balaban J connectivity index is 1.37. The van der Waals surface area contributed by atoms with Gasteiger partial charge in [-0.05, 0) is 60.9 Å². The van der Waals surface area contributed by atoms with Crippen molar-refractivity contribution in [2.45, 2.75) is 38.0 Å². The number of anilines is 1. The summed E-state index contributed by atoms with van der Waals surface area (Å²) >= 11 is 0. The zero-order chi connectivity index (χ0) is 26.3. The molecule has 8 heteroatoms. The van der Waals surface area contributed by atoms with Crippen LogP contribution in [-0.2, 0) is 4.79 Å². The number of para-hydroxylation sites is 2. The average molecular weight is 511 g/mol. The van der Waals surface area contributed by atoms with E-state index in [4.69, 9.17) is 14.5 Å². The number of nitrogens with one attached hydrogen (secondary N) is 1. The molecule has 0 unspecified atom stereocenters. The number of aromatic nitrogens is 2. The second-order valence-corrected chi connectivity index (χ2v) is 9.30. The normalized spacial score (nSPS) is 14.0. The Morgan fingerprint density at radius 1 is 1.03 bits per heavy atom. The van der Waals surface area contributed by atoms with Crippen molar-refractivity contribution in [3.05, 3.63) is 94.5 Å². The molecular weight excluding hydrogens is 480 g/mol. The summed E-state index contributed by atoms with van der Waals surface area (Å²) in [5.41, 5.74) is 1.94. The molecule has 5 rings (SSSR count). The summed E-state index contributed by atoms with van der Waals surface area (Å²) in [5.74, 6) is 1.52. The van der Waals surface area contributed by atoms with Crippen LogP contribution in [0.15, 0.2) is 82.7 Å². The minimum Gasteiger partial charge on any atom is -0.493 e. The third-order valence-corrected chi connectivity index (χ3v) is 6.68. The lowest BCUT2D eigenvalue weighted by Crippen LogP contribution is -2.25. The lowest BCUT2D eigenvalue weighted by atomic mass is 9.88. The first kappa shape index (κ1) is 25.2. The van der Waals surface area contributed by atoms with E-state index in [1.54, 1.807) is 30.5 Å². The van der Waals surface area contributed by atoms with E-state index in [0.29, 0.717) is 33.9 Å². The highest BCUT2D eigenvalue weighted by molar-refractivity contribution is 5.91. The quantitative estimate of drug-likeness (QED) is 0.322. The largest absolute Gasteiger partial charge is 0.493 e. The molecule has 0 spiro atoms. The van der Waals surface area contributed by atoms with E-state index in [9.17, 15) is 9.59 Å². The number of rotatable bonds is 8. The molecule has 1 N–H and O–H groups in total. The van der Waals surface area contributed by atoms with E-state index < -0.39 is 0 Å². The number of hydrogen-bond acceptors (Lipinski definition) is 6. The van der Waals surface area contributed by atoms with E-state index in [0.717, 1.165) is 31.2 Å². The number of hydrogen-bond donors (Lipinski definition) is 1. The predicted molar refractivity (Wildman–Crippen MR) is 148 cm³/mol. The monoisotopic (exact) mass is 510 g/mol. The molecule has 0 saturated heterocycles. The lowest BCUT2D eigenvalue weighted by Gasteiger charge is -2.22. The molecule has 0 aliphatic heterocycles. The van der Waals surface area contributed by atoms with Gasteiger partial charge in [0.05, 0.1) is 24.2 Å². The highest BCUT2D eigenvalue weighted by Gasteiger charge is 2.22. The van der Waals surface area contributed by atoms with Crippen molar-refractivity contribution in [1.29, 1.82) is 0 Å². The van der Waals surface area contributed by atoms with Gasteiger partial charge in [0.1, 0.15) is 5.82 Å². The van der Waals surface area contributed by atoms with Crippen molar-refractivity contribution in [2.24, 2.45) is 5.10 Å². The summed E-state index contributed by atoms with van der Waals surface area (Å²) in [4.78, 5) is 30.5. The molecule has 1 amide bonds. The maximum absolute atomic E-state index is 13.4. The average Bonchev–Trinajstić information content (AvgIpc) is 2.96. The van der Waals surface area contributed by atoms with Crippen molar-refractivity contribution in [3.63, 3.8) is 0 Å². The van der Waals surface area contributed by atoms with Crippen LogP contribution in [-0.4, -0.2) is 35.5 Å². The molecule has 1 saturated carbocycles. The summed E-state index contributed by atoms with van der Waals surface area (Å²) in [6.07, 6.45) is 7.08. The van der Waals surface area contributed by atoms with Crippen LogP contribution >= 0.6 is 0 Å². The zero-order valence-electron chi connectivity index (χ0n) is 21.3. The molecule has 1 aromatic heterocycles. The fourth-order valence-electron chi connectivity index (χ4n) is 4.75. The molecule has 4 aromatic rings. The topological polar surface area (TPSA) is 94.8 Å². The molecule has 1 heterocycles. The van der Waals surface area contributed by atoms with Gasteiger partial charge in [0.25, 0.3) is 11.5 Å². The first-order chi connectivity index (χ1) is 18.6. The van der Waals surface area contributed by atoms with Gasteiger partial charge in [-0.3, -0.25) is 9.59 Å². The summed E-state index contributed by atoms with van der Waals surface area (Å²) in [6.45, 7) is -0.165. The van der Waals surface area contributed by atoms with E-state index in [1.165, 1.54) is 18.2 Å². The number of carbonyl (C=O) groups is 1. The Bertz CT molecular complexity index is 1510. The summed E-state index contributed by atoms with van der Waals surface area (Å²) in [6, 6.07) is 21.9. The third kappa shape index (κ3) is 5.75. The van der Waals surface area contributed by atoms with E-state index >= 15 is 0 Å². The second-order valence-electron chi connectivity index (χ2n) is 9.30. The first-order valence-corrected chi connectivity index (χ1v) is 12.8. The minimum atomic E-state index is -0.276. The second kappa shape index (κ2) is 11.7. The first-order valence-electron chi connectivity index (χ1n) is 12.8.